The molecule has 1 aliphatic rings. The van der Waals surface area contributed by atoms with Gasteiger partial charge in [-0.25, -0.2) is 0 Å². The van der Waals surface area contributed by atoms with Crippen molar-refractivity contribution in [1.29, 1.82) is 0 Å². The zero-order valence-corrected chi connectivity index (χ0v) is 12.0. The van der Waals surface area contributed by atoms with Gasteiger partial charge in [0.15, 0.2) is 0 Å². The highest BCUT2D eigenvalue weighted by Gasteiger charge is 2.25. The Balaban J connectivity index is 1.87. The van der Waals surface area contributed by atoms with Gasteiger partial charge in [-0.1, -0.05) is 38.3 Å². The summed E-state index contributed by atoms with van der Waals surface area (Å²) >= 11 is 0. The summed E-state index contributed by atoms with van der Waals surface area (Å²) in [5, 5.41) is 0.623. The van der Waals surface area contributed by atoms with Gasteiger partial charge in [-0.3, -0.25) is 0 Å². The minimum absolute atomic E-state index is 0.623. The van der Waals surface area contributed by atoms with Gasteiger partial charge >= 0.3 is 0 Å². The van der Waals surface area contributed by atoms with E-state index >= 15 is 0 Å². The van der Waals surface area contributed by atoms with Gasteiger partial charge in [0.25, 0.3) is 0 Å². The molecule has 0 amide bonds. The summed E-state index contributed by atoms with van der Waals surface area (Å²) < 4.78 is 5.19. The first-order chi connectivity index (χ1) is 8.22. The Bertz CT molecular complexity index is 338. The SMILES string of the molecule is COc1ccc(CPC2(C)CCCCC2)cc1. The van der Waals surface area contributed by atoms with E-state index in [4.69, 9.17) is 4.74 Å². The van der Waals surface area contributed by atoms with Gasteiger partial charge in [-0.2, -0.15) is 0 Å². The van der Waals surface area contributed by atoms with Crippen LogP contribution in [0, 0.1) is 0 Å². The lowest BCUT2D eigenvalue weighted by atomic mass is 9.90. The fourth-order valence-electron chi connectivity index (χ4n) is 2.57. The summed E-state index contributed by atoms with van der Waals surface area (Å²) in [5.41, 5.74) is 1.45. The lowest BCUT2D eigenvalue weighted by molar-refractivity contribution is 0.414. The van der Waals surface area contributed by atoms with Gasteiger partial charge in [0.1, 0.15) is 5.75 Å². The van der Waals surface area contributed by atoms with Crippen molar-refractivity contribution in [2.24, 2.45) is 0 Å². The maximum atomic E-state index is 5.19. The minimum Gasteiger partial charge on any atom is -0.497 e. The summed E-state index contributed by atoms with van der Waals surface area (Å²) in [5.74, 6) is 0.959. The van der Waals surface area contributed by atoms with Crippen LogP contribution in [-0.4, -0.2) is 12.3 Å². The first-order valence-electron chi connectivity index (χ1n) is 6.60. The molecule has 94 valence electrons. The molecule has 1 aliphatic carbocycles. The van der Waals surface area contributed by atoms with Crippen LogP contribution in [0.5, 0.6) is 5.75 Å². The summed E-state index contributed by atoms with van der Waals surface area (Å²) in [4.78, 5) is 0. The fourth-order valence-corrected chi connectivity index (χ4v) is 4.14. The van der Waals surface area contributed by atoms with Crippen molar-refractivity contribution in [2.75, 3.05) is 7.11 Å². The van der Waals surface area contributed by atoms with Crippen LogP contribution in [0.3, 0.4) is 0 Å². The fraction of sp³-hybridized carbons (Fsp3) is 0.600. The second kappa shape index (κ2) is 5.87. The molecule has 0 heterocycles. The van der Waals surface area contributed by atoms with Crippen molar-refractivity contribution in [3.05, 3.63) is 29.8 Å². The van der Waals surface area contributed by atoms with Crippen LogP contribution in [0.4, 0.5) is 0 Å². The molecule has 0 aromatic heterocycles. The molecule has 0 radical (unpaired) electrons. The van der Waals surface area contributed by atoms with Crippen LogP contribution in [0.2, 0.25) is 0 Å². The minimum atomic E-state index is 0.623. The Morgan fingerprint density at radius 1 is 1.12 bits per heavy atom. The van der Waals surface area contributed by atoms with E-state index in [1.54, 1.807) is 7.11 Å². The van der Waals surface area contributed by atoms with E-state index in [1.165, 1.54) is 43.8 Å². The topological polar surface area (TPSA) is 9.23 Å². The smallest absolute Gasteiger partial charge is 0.118 e. The first-order valence-corrected chi connectivity index (χ1v) is 7.81. The number of hydrogen-bond donors (Lipinski definition) is 0. The molecule has 1 aromatic rings. The molecule has 1 aromatic carbocycles. The van der Waals surface area contributed by atoms with Crippen LogP contribution in [0.25, 0.3) is 0 Å². The lowest BCUT2D eigenvalue weighted by Gasteiger charge is -2.33. The predicted molar refractivity (Wildman–Crippen MR) is 76.5 cm³/mol. The molecule has 1 fully saturated rings. The largest absolute Gasteiger partial charge is 0.497 e. The van der Waals surface area contributed by atoms with Crippen molar-refractivity contribution in [1.82, 2.24) is 0 Å². The highest BCUT2D eigenvalue weighted by atomic mass is 31.1. The Kier molecular flexibility index (Phi) is 4.45. The molecule has 0 saturated heterocycles. The molecule has 1 unspecified atom stereocenters. The van der Waals surface area contributed by atoms with Crippen LogP contribution >= 0.6 is 8.58 Å². The molecule has 1 atom stereocenters. The number of benzene rings is 1. The van der Waals surface area contributed by atoms with E-state index in [0.717, 1.165) is 14.3 Å². The van der Waals surface area contributed by atoms with Crippen molar-refractivity contribution < 1.29 is 4.74 Å². The van der Waals surface area contributed by atoms with Gasteiger partial charge in [-0.15, -0.1) is 8.58 Å². The zero-order chi connectivity index (χ0) is 12.1. The lowest BCUT2D eigenvalue weighted by Crippen LogP contribution is -2.21. The molecular formula is C15H23OP. The van der Waals surface area contributed by atoms with Gasteiger partial charge in [-0.05, 0) is 41.9 Å². The molecule has 2 heteroatoms. The Labute approximate surface area is 107 Å². The van der Waals surface area contributed by atoms with E-state index in [0.29, 0.717) is 5.16 Å². The van der Waals surface area contributed by atoms with Crippen LogP contribution in [0.15, 0.2) is 24.3 Å². The standard InChI is InChI=1S/C15H23OP/c1-15(10-4-3-5-11-15)17-12-13-6-8-14(16-2)9-7-13/h6-9,17H,3-5,10-12H2,1-2H3. The molecule has 1 saturated carbocycles. The normalized spacial score (nSPS) is 19.6. The highest BCUT2D eigenvalue weighted by molar-refractivity contribution is 7.39. The second-order valence-electron chi connectivity index (χ2n) is 5.32. The maximum Gasteiger partial charge on any atom is 0.118 e. The summed E-state index contributed by atoms with van der Waals surface area (Å²) in [6, 6.07) is 8.56. The van der Waals surface area contributed by atoms with Gasteiger partial charge in [0.05, 0.1) is 7.11 Å². The molecule has 0 spiro atoms. The third-order valence-electron chi connectivity index (χ3n) is 3.84. The molecule has 0 N–H and O–H groups in total. The van der Waals surface area contributed by atoms with E-state index in [2.05, 4.69) is 31.2 Å². The average molecular weight is 250 g/mol. The highest BCUT2D eigenvalue weighted by Crippen LogP contribution is 2.45. The number of rotatable bonds is 4. The van der Waals surface area contributed by atoms with E-state index < -0.39 is 0 Å². The number of ether oxygens (including phenoxy) is 1. The molecular weight excluding hydrogens is 227 g/mol. The Morgan fingerprint density at radius 3 is 2.35 bits per heavy atom. The van der Waals surface area contributed by atoms with E-state index in [1.807, 2.05) is 0 Å². The van der Waals surface area contributed by atoms with Gasteiger partial charge in [0, 0.05) is 0 Å². The second-order valence-corrected chi connectivity index (χ2v) is 7.24. The monoisotopic (exact) mass is 250 g/mol. The van der Waals surface area contributed by atoms with E-state index in [-0.39, 0.29) is 0 Å². The molecule has 0 aliphatic heterocycles. The van der Waals surface area contributed by atoms with Crippen molar-refractivity contribution in [2.45, 2.75) is 50.3 Å². The third-order valence-corrected chi connectivity index (χ3v) is 5.77. The number of methoxy groups -OCH3 is 1. The zero-order valence-electron chi connectivity index (χ0n) is 11.0. The van der Waals surface area contributed by atoms with Crippen molar-refractivity contribution in [3.63, 3.8) is 0 Å². The predicted octanol–water partition coefficient (Wildman–Crippen LogP) is 4.60. The van der Waals surface area contributed by atoms with Gasteiger partial charge in [0.2, 0.25) is 0 Å². The molecule has 0 bridgehead atoms. The molecule has 17 heavy (non-hydrogen) atoms. The van der Waals surface area contributed by atoms with E-state index in [9.17, 15) is 0 Å². The van der Waals surface area contributed by atoms with Crippen LogP contribution < -0.4 is 4.74 Å². The summed E-state index contributed by atoms with van der Waals surface area (Å²) in [7, 11) is 2.79. The Morgan fingerprint density at radius 2 is 1.76 bits per heavy atom. The maximum absolute atomic E-state index is 5.19. The first kappa shape index (κ1) is 12.9. The van der Waals surface area contributed by atoms with Crippen LogP contribution in [0.1, 0.15) is 44.6 Å². The summed E-state index contributed by atoms with van der Waals surface area (Å²) in [6.45, 7) is 2.48. The van der Waals surface area contributed by atoms with Gasteiger partial charge < -0.3 is 4.74 Å². The van der Waals surface area contributed by atoms with Crippen LogP contribution in [-0.2, 0) is 6.16 Å². The van der Waals surface area contributed by atoms with Crippen molar-refractivity contribution >= 4 is 8.58 Å². The molecule has 2 rings (SSSR count). The summed E-state index contributed by atoms with van der Waals surface area (Å²) in [6.07, 6.45) is 8.42. The quantitative estimate of drug-likeness (QED) is 0.710. The third kappa shape index (κ3) is 3.71. The molecule has 1 nitrogen and oxygen atoms in total. The Hall–Kier alpha value is -0.550. The van der Waals surface area contributed by atoms with Crippen molar-refractivity contribution in [3.8, 4) is 5.75 Å². The average Bonchev–Trinajstić information content (AvgIpc) is 2.38. The number of hydrogen-bond acceptors (Lipinski definition) is 1.